The van der Waals surface area contributed by atoms with Crippen LogP contribution in [0.1, 0.15) is 33.6 Å². The molecule has 2 aromatic rings. The molecule has 2 aliphatic rings. The molecule has 0 radical (unpaired) electrons. The van der Waals surface area contributed by atoms with Gasteiger partial charge >= 0.3 is 5.97 Å². The number of piperidine rings is 1. The summed E-state index contributed by atoms with van der Waals surface area (Å²) in [7, 11) is -3.93. The molecule has 0 saturated carbocycles. The Kier molecular flexibility index (Phi) is 5.12. The summed E-state index contributed by atoms with van der Waals surface area (Å²) in [6.45, 7) is 0.0260. The van der Waals surface area contributed by atoms with Crippen molar-refractivity contribution in [2.75, 3.05) is 13.1 Å². The molecule has 1 fully saturated rings. The Balaban J connectivity index is 1.47. The van der Waals surface area contributed by atoms with Crippen molar-refractivity contribution in [2.24, 2.45) is 5.92 Å². The molecular formula is C20H17FN2O6S. The molecule has 0 N–H and O–H groups in total. The van der Waals surface area contributed by atoms with Gasteiger partial charge in [-0.25, -0.2) is 17.6 Å². The molecule has 1 saturated heterocycles. The van der Waals surface area contributed by atoms with Crippen molar-refractivity contribution >= 4 is 27.8 Å². The van der Waals surface area contributed by atoms with Gasteiger partial charge in [-0.2, -0.15) is 4.31 Å². The first kappa shape index (κ1) is 20.2. The van der Waals surface area contributed by atoms with Crippen LogP contribution in [0.25, 0.3) is 0 Å². The van der Waals surface area contributed by atoms with Crippen molar-refractivity contribution in [1.29, 1.82) is 0 Å². The van der Waals surface area contributed by atoms with E-state index in [1.165, 1.54) is 12.1 Å². The van der Waals surface area contributed by atoms with Crippen LogP contribution in [0, 0.1) is 11.7 Å². The minimum Gasteiger partial charge on any atom is -0.329 e. The molecule has 1 atom stereocenters. The van der Waals surface area contributed by atoms with Gasteiger partial charge in [-0.1, -0.05) is 17.2 Å². The van der Waals surface area contributed by atoms with Gasteiger partial charge in [0.15, 0.2) is 0 Å². The second-order valence-corrected chi connectivity index (χ2v) is 8.95. The zero-order valence-corrected chi connectivity index (χ0v) is 16.5. The number of carbonyl (C=O) groups is 3. The van der Waals surface area contributed by atoms with Crippen molar-refractivity contribution in [1.82, 2.24) is 9.37 Å². The lowest BCUT2D eigenvalue weighted by molar-refractivity contribution is -0.174. The minimum atomic E-state index is -3.93. The Hall–Kier alpha value is -3.11. The summed E-state index contributed by atoms with van der Waals surface area (Å²) >= 11 is 0. The normalized spacial score (nSPS) is 19.6. The zero-order valence-electron chi connectivity index (χ0n) is 15.7. The fraction of sp³-hybridized carbons (Fsp3) is 0.250. The molecular weight excluding hydrogens is 415 g/mol. The van der Waals surface area contributed by atoms with Crippen molar-refractivity contribution in [3.8, 4) is 0 Å². The summed E-state index contributed by atoms with van der Waals surface area (Å²) in [4.78, 5) is 42.3. The molecule has 0 spiro atoms. The average Bonchev–Trinajstić information content (AvgIpc) is 2.99. The van der Waals surface area contributed by atoms with Gasteiger partial charge in [-0.15, -0.1) is 0 Å². The van der Waals surface area contributed by atoms with Crippen LogP contribution in [0.2, 0.25) is 0 Å². The lowest BCUT2D eigenvalue weighted by atomic mass is 10.0. The van der Waals surface area contributed by atoms with E-state index in [2.05, 4.69) is 0 Å². The van der Waals surface area contributed by atoms with Crippen molar-refractivity contribution < 1.29 is 32.0 Å². The number of sulfonamides is 1. The first-order valence-electron chi connectivity index (χ1n) is 9.24. The summed E-state index contributed by atoms with van der Waals surface area (Å²) in [5, 5.41) is 0.417. The van der Waals surface area contributed by atoms with Gasteiger partial charge in [0.05, 0.1) is 21.9 Å². The van der Waals surface area contributed by atoms with Gasteiger partial charge in [-0.05, 0) is 49.2 Å². The van der Waals surface area contributed by atoms with Crippen LogP contribution in [0.5, 0.6) is 0 Å². The molecule has 2 aliphatic heterocycles. The standard InChI is InChI=1S/C20H17FN2O6S/c21-14-7-9-15(10-8-14)30(27,28)22-11-3-4-13(12-22)20(26)29-23-18(24)16-5-1-2-6-17(16)19(23)25/h1-2,5-10,13H,3-4,11-12H2. The number of hydroxylamine groups is 2. The quantitative estimate of drug-likeness (QED) is 0.685. The van der Waals surface area contributed by atoms with E-state index in [1.54, 1.807) is 12.1 Å². The number of nitrogens with zero attached hydrogens (tertiary/aromatic N) is 2. The summed E-state index contributed by atoms with van der Waals surface area (Å²) in [5.74, 6) is -3.75. The maximum Gasteiger partial charge on any atom is 0.337 e. The lowest BCUT2D eigenvalue weighted by Crippen LogP contribution is -2.44. The minimum absolute atomic E-state index is 0.0849. The SMILES string of the molecule is O=C(ON1C(=O)c2ccccc2C1=O)C1CCCN(S(=O)(=O)c2ccc(F)cc2)C1. The Labute approximate surface area is 171 Å². The van der Waals surface area contributed by atoms with E-state index in [1.807, 2.05) is 0 Å². The Morgan fingerprint density at radius 3 is 2.20 bits per heavy atom. The van der Waals surface area contributed by atoms with E-state index >= 15 is 0 Å². The molecule has 30 heavy (non-hydrogen) atoms. The second kappa shape index (κ2) is 7.62. The van der Waals surface area contributed by atoms with E-state index in [0.29, 0.717) is 17.9 Å². The number of carbonyl (C=O) groups excluding carboxylic acids is 3. The molecule has 0 bridgehead atoms. The van der Waals surface area contributed by atoms with E-state index in [-0.39, 0.29) is 29.1 Å². The van der Waals surface area contributed by atoms with Crippen LogP contribution in [0.3, 0.4) is 0 Å². The zero-order chi connectivity index (χ0) is 21.5. The van der Waals surface area contributed by atoms with Crippen LogP contribution < -0.4 is 0 Å². The Bertz CT molecular complexity index is 1100. The number of amides is 2. The van der Waals surface area contributed by atoms with Gasteiger partial charge < -0.3 is 4.84 Å². The third kappa shape index (κ3) is 3.48. The Morgan fingerprint density at radius 2 is 1.60 bits per heavy atom. The molecule has 1 unspecified atom stereocenters. The van der Waals surface area contributed by atoms with E-state index in [4.69, 9.17) is 4.84 Å². The molecule has 0 aromatic heterocycles. The largest absolute Gasteiger partial charge is 0.337 e. The molecule has 10 heteroatoms. The fourth-order valence-corrected chi connectivity index (χ4v) is 5.05. The highest BCUT2D eigenvalue weighted by Gasteiger charge is 2.41. The molecule has 2 aromatic carbocycles. The fourth-order valence-electron chi connectivity index (χ4n) is 3.52. The number of benzene rings is 2. The third-order valence-corrected chi connectivity index (χ3v) is 6.99. The molecule has 8 nitrogen and oxygen atoms in total. The highest BCUT2D eigenvalue weighted by atomic mass is 32.2. The van der Waals surface area contributed by atoms with Crippen LogP contribution >= 0.6 is 0 Å². The number of fused-ring (bicyclic) bond motifs is 1. The first-order valence-corrected chi connectivity index (χ1v) is 10.7. The van der Waals surface area contributed by atoms with Crippen molar-refractivity contribution in [3.63, 3.8) is 0 Å². The number of halogens is 1. The Morgan fingerprint density at radius 1 is 1.00 bits per heavy atom. The summed E-state index contributed by atoms with van der Waals surface area (Å²) in [5.41, 5.74) is 0.277. The van der Waals surface area contributed by atoms with Gasteiger partial charge in [-0.3, -0.25) is 9.59 Å². The topological polar surface area (TPSA) is 101 Å². The molecule has 2 amide bonds. The van der Waals surface area contributed by atoms with Gasteiger partial charge in [0.1, 0.15) is 5.82 Å². The van der Waals surface area contributed by atoms with Crippen LogP contribution in [0.15, 0.2) is 53.4 Å². The van der Waals surface area contributed by atoms with Crippen LogP contribution in [-0.2, 0) is 19.7 Å². The summed E-state index contributed by atoms with van der Waals surface area (Å²) < 4.78 is 39.8. The number of hydrogen-bond donors (Lipinski definition) is 0. The van der Waals surface area contributed by atoms with E-state index in [0.717, 1.165) is 28.6 Å². The van der Waals surface area contributed by atoms with Gasteiger partial charge in [0.25, 0.3) is 11.8 Å². The maximum absolute atomic E-state index is 13.1. The second-order valence-electron chi connectivity index (χ2n) is 7.02. The third-order valence-electron chi connectivity index (χ3n) is 5.11. The highest BCUT2D eigenvalue weighted by Crippen LogP contribution is 2.27. The summed E-state index contributed by atoms with van der Waals surface area (Å²) in [6.07, 6.45) is 0.736. The number of rotatable bonds is 4. The molecule has 4 rings (SSSR count). The lowest BCUT2D eigenvalue weighted by Gasteiger charge is -2.31. The monoisotopic (exact) mass is 432 g/mol. The van der Waals surface area contributed by atoms with E-state index < -0.39 is 39.5 Å². The predicted molar refractivity (Wildman–Crippen MR) is 101 cm³/mol. The number of imide groups is 1. The molecule has 2 heterocycles. The first-order chi connectivity index (χ1) is 14.3. The van der Waals surface area contributed by atoms with Gasteiger partial charge in [0, 0.05) is 13.1 Å². The van der Waals surface area contributed by atoms with Crippen molar-refractivity contribution in [3.05, 3.63) is 65.5 Å². The smallest absolute Gasteiger partial charge is 0.329 e. The van der Waals surface area contributed by atoms with Crippen LogP contribution in [-0.4, -0.2) is 48.7 Å². The van der Waals surface area contributed by atoms with Crippen molar-refractivity contribution in [2.45, 2.75) is 17.7 Å². The number of hydrogen-bond acceptors (Lipinski definition) is 6. The van der Waals surface area contributed by atoms with E-state index in [9.17, 15) is 27.2 Å². The highest BCUT2D eigenvalue weighted by molar-refractivity contribution is 7.89. The van der Waals surface area contributed by atoms with Crippen LogP contribution in [0.4, 0.5) is 4.39 Å². The molecule has 0 aliphatic carbocycles. The molecule has 156 valence electrons. The maximum atomic E-state index is 13.1. The van der Waals surface area contributed by atoms with Gasteiger partial charge in [0.2, 0.25) is 10.0 Å². The average molecular weight is 432 g/mol. The predicted octanol–water partition coefficient (Wildman–Crippen LogP) is 1.98. The summed E-state index contributed by atoms with van der Waals surface area (Å²) in [6, 6.07) is 10.5.